The van der Waals surface area contributed by atoms with Crippen molar-refractivity contribution in [1.29, 1.82) is 0 Å². The number of fused-ring (bicyclic) bond motifs is 1. The molecule has 0 spiro atoms. The number of hydrogen-bond donors (Lipinski definition) is 0. The Labute approximate surface area is 186 Å². The zero-order chi connectivity index (χ0) is 21.9. The summed E-state index contributed by atoms with van der Waals surface area (Å²) >= 11 is 0. The molecule has 32 heavy (non-hydrogen) atoms. The Morgan fingerprint density at radius 1 is 0.875 bits per heavy atom. The summed E-state index contributed by atoms with van der Waals surface area (Å²) in [5.41, 5.74) is 4.52. The number of aromatic nitrogens is 2. The molecule has 1 fully saturated rings. The van der Waals surface area contributed by atoms with Crippen molar-refractivity contribution in [2.75, 3.05) is 31.1 Å². The number of halogens is 1. The van der Waals surface area contributed by atoms with E-state index in [2.05, 4.69) is 16.5 Å². The van der Waals surface area contributed by atoms with Crippen LogP contribution < -0.4 is 4.90 Å². The summed E-state index contributed by atoms with van der Waals surface area (Å²) in [6, 6.07) is 22.9. The first-order valence-electron chi connectivity index (χ1n) is 11.0. The van der Waals surface area contributed by atoms with Crippen molar-refractivity contribution in [2.24, 2.45) is 0 Å². The topological polar surface area (TPSA) is 40.9 Å². The molecule has 0 aliphatic carbocycles. The first-order valence-corrected chi connectivity index (χ1v) is 11.0. The van der Waals surface area contributed by atoms with Gasteiger partial charge in [0, 0.05) is 44.4 Å². The number of hydrogen-bond acceptors (Lipinski definition) is 3. The van der Waals surface area contributed by atoms with Crippen molar-refractivity contribution in [3.8, 4) is 11.3 Å². The van der Waals surface area contributed by atoms with E-state index in [1.54, 1.807) is 12.1 Å². The molecule has 0 atom stereocenters. The average molecular weight is 429 g/mol. The number of rotatable bonds is 5. The van der Waals surface area contributed by atoms with E-state index in [1.807, 2.05) is 58.5 Å². The third-order valence-corrected chi connectivity index (χ3v) is 6.08. The maximum atomic E-state index is 14.1. The van der Waals surface area contributed by atoms with Crippen LogP contribution in [0.2, 0.25) is 0 Å². The van der Waals surface area contributed by atoms with Crippen molar-refractivity contribution in [3.63, 3.8) is 0 Å². The molecule has 0 unspecified atom stereocenters. The average Bonchev–Trinajstić information content (AvgIpc) is 3.22. The first-order chi connectivity index (χ1) is 15.7. The Hall–Kier alpha value is -3.67. The number of para-hydroxylation sites is 1. The van der Waals surface area contributed by atoms with Crippen molar-refractivity contribution in [1.82, 2.24) is 14.3 Å². The van der Waals surface area contributed by atoms with Crippen molar-refractivity contribution < 1.29 is 9.18 Å². The molecular formula is C26H25FN4O. The zero-order valence-electron chi connectivity index (χ0n) is 17.8. The number of amides is 1. The predicted octanol–water partition coefficient (Wildman–Crippen LogP) is 4.42. The molecule has 2 aromatic carbocycles. The number of imidazole rings is 1. The number of aryl methyl sites for hydroxylation is 1. The number of anilines is 1. The Morgan fingerprint density at radius 2 is 1.59 bits per heavy atom. The van der Waals surface area contributed by atoms with E-state index in [-0.39, 0.29) is 11.7 Å². The summed E-state index contributed by atoms with van der Waals surface area (Å²) in [5.74, 6) is -0.0867. The van der Waals surface area contributed by atoms with Gasteiger partial charge in [-0.2, -0.15) is 0 Å². The maximum Gasteiger partial charge on any atom is 0.223 e. The highest BCUT2D eigenvalue weighted by Gasteiger charge is 2.23. The van der Waals surface area contributed by atoms with Crippen molar-refractivity contribution in [3.05, 3.63) is 90.5 Å². The van der Waals surface area contributed by atoms with Gasteiger partial charge in [-0.3, -0.25) is 4.79 Å². The van der Waals surface area contributed by atoms with Gasteiger partial charge in [-0.1, -0.05) is 48.5 Å². The van der Waals surface area contributed by atoms with Gasteiger partial charge in [0.05, 0.1) is 17.1 Å². The molecule has 0 saturated carbocycles. The van der Waals surface area contributed by atoms with Gasteiger partial charge in [-0.25, -0.2) is 9.37 Å². The molecule has 0 bridgehead atoms. The number of carbonyl (C=O) groups is 1. The summed E-state index contributed by atoms with van der Waals surface area (Å²) in [6.45, 7) is 2.48. The van der Waals surface area contributed by atoms with Gasteiger partial charge in [0.15, 0.2) is 0 Å². The SMILES string of the molecule is O=C(CCc1c(-c2ccccc2)nc2ccccn12)N1CCN(c2ccccc2F)CC1. The highest BCUT2D eigenvalue weighted by atomic mass is 19.1. The molecule has 1 amide bonds. The van der Waals surface area contributed by atoms with E-state index < -0.39 is 0 Å². The van der Waals surface area contributed by atoms with Gasteiger partial charge < -0.3 is 14.2 Å². The number of carbonyl (C=O) groups excluding carboxylic acids is 1. The standard InChI is InChI=1S/C26H25FN4O/c27-21-10-4-5-11-22(21)29-16-18-30(19-17-29)25(32)14-13-23-26(20-8-2-1-3-9-20)28-24-12-6-7-15-31(23)24/h1-12,15H,13-14,16-19H2. The molecule has 2 aromatic heterocycles. The van der Waals surface area contributed by atoms with E-state index in [9.17, 15) is 9.18 Å². The lowest BCUT2D eigenvalue weighted by atomic mass is 10.1. The van der Waals surface area contributed by atoms with Crippen LogP contribution in [0.3, 0.4) is 0 Å². The van der Waals surface area contributed by atoms with Crippen LogP contribution in [0.4, 0.5) is 10.1 Å². The van der Waals surface area contributed by atoms with Crippen LogP contribution in [0.1, 0.15) is 12.1 Å². The van der Waals surface area contributed by atoms with Crippen molar-refractivity contribution in [2.45, 2.75) is 12.8 Å². The third-order valence-electron chi connectivity index (χ3n) is 6.08. The van der Waals surface area contributed by atoms with Gasteiger partial charge in [0.1, 0.15) is 11.5 Å². The van der Waals surface area contributed by atoms with Crippen molar-refractivity contribution >= 4 is 17.2 Å². The smallest absolute Gasteiger partial charge is 0.223 e. The molecule has 1 saturated heterocycles. The lowest BCUT2D eigenvalue weighted by Gasteiger charge is -2.36. The number of piperazine rings is 1. The molecule has 1 aliphatic heterocycles. The van der Waals surface area contributed by atoms with Gasteiger partial charge in [-0.05, 0) is 30.7 Å². The Bertz CT molecular complexity index is 1230. The summed E-state index contributed by atoms with van der Waals surface area (Å²) in [6.07, 6.45) is 3.03. The molecule has 4 aromatic rings. The van der Waals surface area contributed by atoms with Gasteiger partial charge in [0.25, 0.3) is 0 Å². The molecule has 0 radical (unpaired) electrons. The van der Waals surface area contributed by atoms with E-state index in [0.717, 1.165) is 22.6 Å². The Kier molecular flexibility index (Phi) is 5.58. The van der Waals surface area contributed by atoms with Crippen LogP contribution in [-0.4, -0.2) is 46.4 Å². The fourth-order valence-electron chi connectivity index (χ4n) is 4.40. The Morgan fingerprint density at radius 3 is 2.38 bits per heavy atom. The largest absolute Gasteiger partial charge is 0.366 e. The summed E-state index contributed by atoms with van der Waals surface area (Å²) in [7, 11) is 0. The van der Waals surface area contributed by atoms with E-state index >= 15 is 0 Å². The minimum absolute atomic E-state index is 0.128. The quantitative estimate of drug-likeness (QED) is 0.472. The molecule has 1 aliphatic rings. The zero-order valence-corrected chi connectivity index (χ0v) is 17.8. The first kappa shape index (κ1) is 20.2. The summed E-state index contributed by atoms with van der Waals surface area (Å²) < 4.78 is 16.2. The second-order valence-corrected chi connectivity index (χ2v) is 8.02. The van der Waals surface area contributed by atoms with Crippen LogP contribution in [0, 0.1) is 5.82 Å². The molecule has 5 rings (SSSR count). The molecule has 6 heteroatoms. The minimum atomic E-state index is -0.215. The normalized spacial score (nSPS) is 14.2. The fourth-order valence-corrected chi connectivity index (χ4v) is 4.40. The lowest BCUT2D eigenvalue weighted by Crippen LogP contribution is -2.49. The van der Waals surface area contributed by atoms with Gasteiger partial charge >= 0.3 is 0 Å². The molecule has 5 nitrogen and oxygen atoms in total. The molecule has 162 valence electrons. The monoisotopic (exact) mass is 428 g/mol. The van der Waals surface area contributed by atoms with Gasteiger partial charge in [-0.15, -0.1) is 0 Å². The second kappa shape index (κ2) is 8.83. The summed E-state index contributed by atoms with van der Waals surface area (Å²) in [4.78, 5) is 21.7. The van der Waals surface area contributed by atoms with Crippen LogP contribution in [0.5, 0.6) is 0 Å². The number of pyridine rings is 1. The highest BCUT2D eigenvalue weighted by Crippen LogP contribution is 2.26. The Balaban J connectivity index is 1.28. The minimum Gasteiger partial charge on any atom is -0.366 e. The van der Waals surface area contributed by atoms with Crippen LogP contribution >= 0.6 is 0 Å². The molecule has 0 N–H and O–H groups in total. The van der Waals surface area contributed by atoms with E-state index in [0.29, 0.717) is 44.7 Å². The molecular weight excluding hydrogens is 403 g/mol. The van der Waals surface area contributed by atoms with Crippen LogP contribution in [0.15, 0.2) is 79.0 Å². The van der Waals surface area contributed by atoms with Crippen LogP contribution in [-0.2, 0) is 11.2 Å². The maximum absolute atomic E-state index is 14.1. The van der Waals surface area contributed by atoms with Gasteiger partial charge in [0.2, 0.25) is 5.91 Å². The number of benzene rings is 2. The molecule has 3 heterocycles. The predicted molar refractivity (Wildman–Crippen MR) is 124 cm³/mol. The lowest BCUT2D eigenvalue weighted by molar-refractivity contribution is -0.131. The van der Waals surface area contributed by atoms with E-state index in [1.165, 1.54) is 6.07 Å². The number of nitrogens with zero attached hydrogens (tertiary/aromatic N) is 4. The van der Waals surface area contributed by atoms with E-state index in [4.69, 9.17) is 4.98 Å². The highest BCUT2D eigenvalue weighted by molar-refractivity contribution is 5.77. The summed E-state index contributed by atoms with van der Waals surface area (Å²) in [5, 5.41) is 0. The third kappa shape index (κ3) is 3.96. The van der Waals surface area contributed by atoms with Crippen LogP contribution in [0.25, 0.3) is 16.9 Å². The fraction of sp³-hybridized carbons (Fsp3) is 0.231. The second-order valence-electron chi connectivity index (χ2n) is 8.02.